The van der Waals surface area contributed by atoms with E-state index in [0.29, 0.717) is 44.3 Å². The van der Waals surface area contributed by atoms with E-state index in [0.717, 1.165) is 22.3 Å². The molecular formula is C30H30F2N4O4. The Hall–Kier alpha value is -4.60. The van der Waals surface area contributed by atoms with Crippen molar-refractivity contribution in [3.63, 3.8) is 0 Å². The summed E-state index contributed by atoms with van der Waals surface area (Å²) in [6.07, 6.45) is 7.13. The lowest BCUT2D eigenvalue weighted by atomic mass is 10.0. The number of nitrogens with one attached hydrogen (secondary N) is 4. The maximum Gasteiger partial charge on any atom is 0.303 e. The zero-order valence-corrected chi connectivity index (χ0v) is 22.6. The summed E-state index contributed by atoms with van der Waals surface area (Å²) in [4.78, 5) is 35.7. The standard InChI is InChI=1S/C30H30F2N4O4/c1-13-17(5-7-27(37)38)23-11-24-18(6-8-28(39)40)14(2)20(34-24)10-22-16(4)30(32)26(36-22)12-25-29(31)15(3)21(35-25)9-19(13)33-23/h9-12,33-36H,5-8H2,1-4H3,(H,37,38)(H,39,40)/b19-9-,20-10?,21-9?,22-10-,23-11-,24-11?,25-12?,26-12-. The van der Waals surface area contributed by atoms with Gasteiger partial charge in [0.25, 0.3) is 0 Å². The van der Waals surface area contributed by atoms with Crippen LogP contribution in [0.3, 0.4) is 0 Å². The van der Waals surface area contributed by atoms with Crippen LogP contribution in [-0.2, 0) is 22.4 Å². The first kappa shape index (κ1) is 27.0. The number of halogens is 2. The fourth-order valence-corrected chi connectivity index (χ4v) is 5.29. The first-order chi connectivity index (χ1) is 18.9. The number of rotatable bonds is 6. The van der Waals surface area contributed by atoms with Gasteiger partial charge in [-0.2, -0.15) is 0 Å². The molecule has 10 heteroatoms. The van der Waals surface area contributed by atoms with Crippen molar-refractivity contribution in [2.24, 2.45) is 0 Å². The van der Waals surface area contributed by atoms with Crippen LogP contribution < -0.4 is 21.4 Å². The Bertz CT molecular complexity index is 1940. The summed E-state index contributed by atoms with van der Waals surface area (Å²) < 4.78 is 30.5. The lowest BCUT2D eigenvalue weighted by Gasteiger charge is -2.01. The van der Waals surface area contributed by atoms with E-state index in [-0.39, 0.29) is 36.7 Å². The molecule has 6 N–H and O–H groups in total. The zero-order chi connectivity index (χ0) is 28.9. The van der Waals surface area contributed by atoms with Gasteiger partial charge in [-0.3, -0.25) is 9.59 Å². The van der Waals surface area contributed by atoms with Crippen molar-refractivity contribution < 1.29 is 28.6 Å². The van der Waals surface area contributed by atoms with Gasteiger partial charge in [-0.25, -0.2) is 8.78 Å². The molecule has 0 atom stereocenters. The topological polar surface area (TPSA) is 138 Å². The molecule has 0 fully saturated rings. The molecule has 0 saturated heterocycles. The van der Waals surface area contributed by atoms with Gasteiger partial charge in [0.05, 0.1) is 11.0 Å². The Kier molecular flexibility index (Phi) is 6.87. The maximum atomic E-state index is 15.2. The number of aromatic nitrogens is 4. The van der Waals surface area contributed by atoms with Gasteiger partial charge >= 0.3 is 11.9 Å². The highest BCUT2D eigenvalue weighted by molar-refractivity contribution is 5.69. The Labute approximate surface area is 227 Å². The number of hydrogen-bond donors (Lipinski definition) is 6. The zero-order valence-electron chi connectivity index (χ0n) is 22.6. The smallest absolute Gasteiger partial charge is 0.303 e. The number of aliphatic carboxylic acids is 2. The van der Waals surface area contributed by atoms with Crippen LogP contribution in [0.5, 0.6) is 0 Å². The highest BCUT2D eigenvalue weighted by Crippen LogP contribution is 2.22. The molecule has 1 aliphatic heterocycles. The van der Waals surface area contributed by atoms with Gasteiger partial charge in [0, 0.05) is 57.1 Å². The maximum absolute atomic E-state index is 15.2. The number of fused-ring (bicyclic) bond motifs is 8. The van der Waals surface area contributed by atoms with Crippen molar-refractivity contribution in [1.29, 1.82) is 0 Å². The van der Waals surface area contributed by atoms with E-state index >= 15 is 8.78 Å². The van der Waals surface area contributed by atoms with Crippen LogP contribution in [0.1, 0.15) is 69.0 Å². The molecule has 1 aliphatic rings. The average Bonchev–Trinajstić information content (AvgIpc) is 3.53. The minimum absolute atomic E-state index is 0.0807. The number of hydrogen-bond acceptors (Lipinski definition) is 2. The van der Waals surface area contributed by atoms with Crippen LogP contribution >= 0.6 is 0 Å². The van der Waals surface area contributed by atoms with Crippen LogP contribution in [-0.4, -0.2) is 42.1 Å². The molecule has 4 aromatic rings. The van der Waals surface area contributed by atoms with Crippen LogP contribution in [0.15, 0.2) is 0 Å². The lowest BCUT2D eigenvalue weighted by Crippen LogP contribution is -2.14. The number of carbonyl (C=O) groups is 2. The van der Waals surface area contributed by atoms with Gasteiger partial charge in [0.1, 0.15) is 0 Å². The van der Waals surface area contributed by atoms with Gasteiger partial charge in [-0.1, -0.05) is 0 Å². The predicted molar refractivity (Wildman–Crippen MR) is 147 cm³/mol. The Balaban J connectivity index is 1.89. The van der Waals surface area contributed by atoms with E-state index in [2.05, 4.69) is 19.9 Å². The monoisotopic (exact) mass is 548 g/mol. The van der Waals surface area contributed by atoms with E-state index in [1.54, 1.807) is 26.0 Å². The number of H-pyrrole nitrogens is 4. The van der Waals surface area contributed by atoms with Crippen molar-refractivity contribution >= 4 is 36.2 Å². The van der Waals surface area contributed by atoms with E-state index < -0.39 is 23.6 Å². The van der Waals surface area contributed by atoms with Crippen molar-refractivity contribution in [2.45, 2.75) is 53.4 Å². The van der Waals surface area contributed by atoms with Gasteiger partial charge in [0.2, 0.25) is 0 Å². The molecule has 208 valence electrons. The molecular weight excluding hydrogens is 518 g/mol. The average molecular weight is 549 g/mol. The summed E-state index contributed by atoms with van der Waals surface area (Å²) in [5.74, 6) is -2.86. The van der Waals surface area contributed by atoms with Crippen molar-refractivity contribution in [2.75, 3.05) is 0 Å². The minimum Gasteiger partial charge on any atom is -0.481 e. The third-order valence-electron chi connectivity index (χ3n) is 7.71. The van der Waals surface area contributed by atoms with Gasteiger partial charge < -0.3 is 30.1 Å². The van der Waals surface area contributed by atoms with Gasteiger partial charge in [-0.15, -0.1) is 0 Å². The number of carboxylic acid groups (broad SMARTS) is 2. The normalized spacial score (nSPS) is 15.8. The van der Waals surface area contributed by atoms with Crippen molar-refractivity contribution in [3.05, 3.63) is 89.2 Å². The van der Waals surface area contributed by atoms with Crippen molar-refractivity contribution in [3.8, 4) is 0 Å². The second-order valence-corrected chi connectivity index (χ2v) is 10.3. The molecule has 5 rings (SSSR count). The van der Waals surface area contributed by atoms with Crippen LogP contribution in [0.25, 0.3) is 24.3 Å². The molecule has 0 amide bonds. The second kappa shape index (κ2) is 10.2. The van der Waals surface area contributed by atoms with Gasteiger partial charge in [0.15, 0.2) is 11.6 Å². The summed E-state index contributed by atoms with van der Waals surface area (Å²) in [7, 11) is 0. The van der Waals surface area contributed by atoms with Crippen LogP contribution in [0.2, 0.25) is 0 Å². The third-order valence-corrected chi connectivity index (χ3v) is 7.71. The Morgan fingerprint density at radius 1 is 0.575 bits per heavy atom. The van der Waals surface area contributed by atoms with Crippen LogP contribution in [0, 0.1) is 39.3 Å². The molecule has 0 spiro atoms. The summed E-state index contributed by atoms with van der Waals surface area (Å²) >= 11 is 0. The summed E-state index contributed by atoms with van der Waals surface area (Å²) in [6, 6.07) is 0. The summed E-state index contributed by atoms with van der Waals surface area (Å²) in [5, 5.41) is 20.7. The van der Waals surface area contributed by atoms with E-state index in [4.69, 9.17) is 0 Å². The lowest BCUT2D eigenvalue weighted by molar-refractivity contribution is -0.138. The first-order valence-electron chi connectivity index (χ1n) is 13.0. The fraction of sp³-hybridized carbons (Fsp3) is 0.267. The van der Waals surface area contributed by atoms with Crippen LogP contribution in [0.4, 0.5) is 8.78 Å². The Morgan fingerprint density at radius 3 is 1.73 bits per heavy atom. The third kappa shape index (κ3) is 4.81. The summed E-state index contributed by atoms with van der Waals surface area (Å²) in [5.41, 5.74) is 5.89. The second-order valence-electron chi connectivity index (χ2n) is 10.3. The van der Waals surface area contributed by atoms with E-state index in [1.807, 2.05) is 19.9 Å². The SMILES string of the molecule is Cc1c2[nH]c(c1F)/C=c1\[nH]/c(c(C)c1F)=C\c1[nH]c(c(CCC(=O)O)c1C)/C=c1\[nH]/c(c(C)c1CCC(=O)O)=C\2. The molecule has 0 radical (unpaired) electrons. The van der Waals surface area contributed by atoms with E-state index in [1.165, 1.54) is 6.08 Å². The molecule has 0 unspecified atom stereocenters. The molecule has 4 aromatic heterocycles. The molecule has 0 saturated carbocycles. The number of carboxylic acids is 2. The highest BCUT2D eigenvalue weighted by Gasteiger charge is 2.17. The highest BCUT2D eigenvalue weighted by atomic mass is 19.1. The first-order valence-corrected chi connectivity index (χ1v) is 13.0. The fourth-order valence-electron chi connectivity index (χ4n) is 5.29. The predicted octanol–water partition coefficient (Wildman–Crippen LogP) is 2.17. The number of aromatic amines is 4. The molecule has 5 heterocycles. The molecule has 40 heavy (non-hydrogen) atoms. The Morgan fingerprint density at radius 2 is 1.07 bits per heavy atom. The minimum atomic E-state index is -0.930. The summed E-state index contributed by atoms with van der Waals surface area (Å²) in [6.45, 7) is 7.01. The van der Waals surface area contributed by atoms with Gasteiger partial charge in [-0.05, 0) is 87.1 Å². The van der Waals surface area contributed by atoms with E-state index in [9.17, 15) is 19.8 Å². The molecule has 0 aromatic carbocycles. The molecule has 8 bridgehead atoms. The quantitative estimate of drug-likeness (QED) is 0.194. The molecule has 0 aliphatic carbocycles. The largest absolute Gasteiger partial charge is 0.481 e. The van der Waals surface area contributed by atoms with Crippen molar-refractivity contribution in [1.82, 2.24) is 19.9 Å². The molecule has 8 nitrogen and oxygen atoms in total.